The van der Waals surface area contributed by atoms with E-state index in [0.717, 1.165) is 63.7 Å². The fourth-order valence-electron chi connectivity index (χ4n) is 2.83. The first-order chi connectivity index (χ1) is 9.67. The van der Waals surface area contributed by atoms with Crippen molar-refractivity contribution in [2.45, 2.75) is 76.0 Å². The van der Waals surface area contributed by atoms with Crippen molar-refractivity contribution < 1.29 is 9.00 Å². The molecule has 20 heavy (non-hydrogen) atoms. The highest BCUT2D eigenvalue weighted by Gasteiger charge is 2.26. The molecule has 4 nitrogen and oxygen atoms in total. The molecule has 1 aliphatic carbocycles. The first-order valence-electron chi connectivity index (χ1n) is 8.04. The first-order valence-corrected chi connectivity index (χ1v) is 9.42. The fraction of sp³-hybridized carbons (Fsp3) is 0.933. The Morgan fingerprint density at radius 2 is 2.00 bits per heavy atom. The normalized spacial score (nSPS) is 24.3. The van der Waals surface area contributed by atoms with Gasteiger partial charge in [-0.15, -0.1) is 0 Å². The lowest BCUT2D eigenvalue weighted by molar-refractivity contribution is -0.122. The third kappa shape index (κ3) is 6.84. The second-order valence-corrected chi connectivity index (χ2v) is 7.68. The number of carbonyl (C=O) groups excluding carboxylic acids is 1. The molecule has 0 radical (unpaired) electrons. The Morgan fingerprint density at radius 3 is 2.70 bits per heavy atom. The van der Waals surface area contributed by atoms with Gasteiger partial charge in [0.05, 0.1) is 0 Å². The number of nitrogens with two attached hydrogens (primary N) is 1. The number of carbonyl (C=O) groups is 1. The van der Waals surface area contributed by atoms with E-state index in [1.165, 1.54) is 0 Å². The van der Waals surface area contributed by atoms with Crippen LogP contribution in [0.4, 0.5) is 0 Å². The van der Waals surface area contributed by atoms with Crippen LogP contribution in [0.25, 0.3) is 0 Å². The van der Waals surface area contributed by atoms with Crippen molar-refractivity contribution in [2.75, 3.05) is 12.3 Å². The lowest BCUT2D eigenvalue weighted by Crippen LogP contribution is -2.41. The van der Waals surface area contributed by atoms with Crippen molar-refractivity contribution in [3.63, 3.8) is 0 Å². The van der Waals surface area contributed by atoms with E-state index in [4.69, 9.17) is 5.73 Å². The highest BCUT2D eigenvalue weighted by molar-refractivity contribution is 7.85. The summed E-state index contributed by atoms with van der Waals surface area (Å²) in [7, 11) is -0.721. The van der Waals surface area contributed by atoms with Crippen LogP contribution < -0.4 is 11.1 Å². The minimum atomic E-state index is -0.721. The molecule has 3 N–H and O–H groups in total. The largest absolute Gasteiger partial charge is 0.353 e. The summed E-state index contributed by atoms with van der Waals surface area (Å²) >= 11 is 0. The molecular formula is C15H30N2O2S. The summed E-state index contributed by atoms with van der Waals surface area (Å²) in [6, 6.07) is 0.237. The van der Waals surface area contributed by atoms with Crippen LogP contribution in [0.2, 0.25) is 0 Å². The summed E-state index contributed by atoms with van der Waals surface area (Å²) in [6.07, 6.45) is 8.86. The average Bonchev–Trinajstić information content (AvgIpc) is 2.46. The zero-order valence-corrected chi connectivity index (χ0v) is 13.6. The van der Waals surface area contributed by atoms with Crippen LogP contribution in [0.3, 0.4) is 0 Å². The van der Waals surface area contributed by atoms with Crippen molar-refractivity contribution in [3.8, 4) is 0 Å². The predicted molar refractivity (Wildman–Crippen MR) is 85.0 cm³/mol. The lowest BCUT2D eigenvalue weighted by Gasteiger charge is -2.29. The van der Waals surface area contributed by atoms with E-state index in [1.807, 2.05) is 6.92 Å². The third-order valence-electron chi connectivity index (χ3n) is 4.01. The van der Waals surface area contributed by atoms with Crippen molar-refractivity contribution in [2.24, 2.45) is 5.73 Å². The zero-order valence-electron chi connectivity index (χ0n) is 12.7. The van der Waals surface area contributed by atoms with Crippen LogP contribution in [0.5, 0.6) is 0 Å². The van der Waals surface area contributed by atoms with Crippen molar-refractivity contribution in [3.05, 3.63) is 0 Å². The van der Waals surface area contributed by atoms with Gasteiger partial charge in [-0.1, -0.05) is 26.2 Å². The molecule has 118 valence electrons. The van der Waals surface area contributed by atoms with E-state index >= 15 is 0 Å². The molecule has 0 heterocycles. The van der Waals surface area contributed by atoms with E-state index in [9.17, 15) is 9.00 Å². The van der Waals surface area contributed by atoms with Gasteiger partial charge in [0.25, 0.3) is 0 Å². The summed E-state index contributed by atoms with van der Waals surface area (Å²) < 4.78 is 11.9. The van der Waals surface area contributed by atoms with E-state index in [1.54, 1.807) is 0 Å². The van der Waals surface area contributed by atoms with Gasteiger partial charge in [0.1, 0.15) is 0 Å². The summed E-state index contributed by atoms with van der Waals surface area (Å²) in [5.74, 6) is 0.887. The van der Waals surface area contributed by atoms with Crippen LogP contribution >= 0.6 is 0 Å². The standard InChI is InChI=1S/C15H30N2O2S/c1-2-20(19)14-9-7-8-13(12-14)17-15(18)10-5-3-4-6-11-16/h13-14H,2-12,16H2,1H3,(H,17,18). The molecule has 3 unspecified atom stereocenters. The van der Waals surface area contributed by atoms with Crippen LogP contribution in [0.1, 0.15) is 64.7 Å². The smallest absolute Gasteiger partial charge is 0.220 e. The Hall–Kier alpha value is -0.420. The van der Waals surface area contributed by atoms with E-state index in [0.29, 0.717) is 6.42 Å². The minimum Gasteiger partial charge on any atom is -0.353 e. The maximum atomic E-state index is 11.9. The summed E-state index contributed by atoms with van der Waals surface area (Å²) in [6.45, 7) is 2.71. The highest BCUT2D eigenvalue weighted by Crippen LogP contribution is 2.23. The molecule has 0 aromatic heterocycles. The molecule has 0 aromatic rings. The maximum absolute atomic E-state index is 11.9. The summed E-state index contributed by atoms with van der Waals surface area (Å²) in [5, 5.41) is 3.40. The second-order valence-electron chi connectivity index (χ2n) is 5.68. The van der Waals surface area contributed by atoms with Crippen molar-refractivity contribution in [1.82, 2.24) is 5.32 Å². The molecule has 1 rings (SSSR count). The van der Waals surface area contributed by atoms with Gasteiger partial charge in [0.2, 0.25) is 5.91 Å². The molecule has 1 fully saturated rings. The molecule has 0 bridgehead atoms. The zero-order chi connectivity index (χ0) is 14.8. The van der Waals surface area contributed by atoms with Gasteiger partial charge in [-0.05, 0) is 38.6 Å². The van der Waals surface area contributed by atoms with Gasteiger partial charge >= 0.3 is 0 Å². The number of amides is 1. The van der Waals surface area contributed by atoms with Gasteiger partial charge in [0.15, 0.2) is 0 Å². The Labute approximate surface area is 125 Å². The van der Waals surface area contributed by atoms with Crippen LogP contribution in [-0.4, -0.2) is 33.7 Å². The fourth-order valence-corrected chi connectivity index (χ4v) is 4.18. The first kappa shape index (κ1) is 17.6. The quantitative estimate of drug-likeness (QED) is 0.641. The van der Waals surface area contributed by atoms with Crippen LogP contribution in [0, 0.1) is 0 Å². The molecule has 1 amide bonds. The van der Waals surface area contributed by atoms with E-state index < -0.39 is 10.8 Å². The summed E-state index contributed by atoms with van der Waals surface area (Å²) in [4.78, 5) is 11.9. The molecule has 1 saturated carbocycles. The average molecular weight is 302 g/mol. The molecule has 3 atom stereocenters. The minimum absolute atomic E-state index is 0.158. The molecule has 1 aliphatic rings. The Bertz CT molecular complexity index is 310. The molecule has 0 saturated heterocycles. The third-order valence-corrected chi connectivity index (χ3v) is 5.75. The van der Waals surface area contributed by atoms with Crippen LogP contribution in [-0.2, 0) is 15.6 Å². The number of rotatable bonds is 9. The Balaban J connectivity index is 2.19. The number of hydrogen-bond acceptors (Lipinski definition) is 3. The molecular weight excluding hydrogens is 272 g/mol. The van der Waals surface area contributed by atoms with E-state index in [-0.39, 0.29) is 17.2 Å². The summed E-state index contributed by atoms with van der Waals surface area (Å²) in [5.41, 5.74) is 5.44. The Kier molecular flexibility index (Phi) is 9.10. The lowest BCUT2D eigenvalue weighted by atomic mass is 9.95. The van der Waals surface area contributed by atoms with Gasteiger partial charge in [-0.2, -0.15) is 0 Å². The molecule has 0 aliphatic heterocycles. The maximum Gasteiger partial charge on any atom is 0.220 e. The number of nitrogens with one attached hydrogen (secondary N) is 1. The van der Waals surface area contributed by atoms with Crippen molar-refractivity contribution >= 4 is 16.7 Å². The number of hydrogen-bond donors (Lipinski definition) is 2. The second kappa shape index (κ2) is 10.3. The van der Waals surface area contributed by atoms with Gasteiger partial charge < -0.3 is 11.1 Å². The van der Waals surface area contributed by atoms with Gasteiger partial charge in [-0.3, -0.25) is 9.00 Å². The molecule has 0 aromatic carbocycles. The molecule has 0 spiro atoms. The Morgan fingerprint density at radius 1 is 1.25 bits per heavy atom. The van der Waals surface area contributed by atoms with Gasteiger partial charge in [0, 0.05) is 34.3 Å². The van der Waals surface area contributed by atoms with Gasteiger partial charge in [-0.25, -0.2) is 0 Å². The monoisotopic (exact) mass is 302 g/mol. The SMILES string of the molecule is CCS(=O)C1CCCC(NC(=O)CCCCCCN)C1. The number of unbranched alkanes of at least 4 members (excludes halogenated alkanes) is 3. The topological polar surface area (TPSA) is 72.2 Å². The van der Waals surface area contributed by atoms with E-state index in [2.05, 4.69) is 5.32 Å². The molecule has 5 heteroatoms. The highest BCUT2D eigenvalue weighted by atomic mass is 32.2. The predicted octanol–water partition coefficient (Wildman–Crippen LogP) is 2.09. The van der Waals surface area contributed by atoms with Crippen molar-refractivity contribution in [1.29, 1.82) is 0 Å². The van der Waals surface area contributed by atoms with Crippen LogP contribution in [0.15, 0.2) is 0 Å².